The van der Waals surface area contributed by atoms with Crippen molar-refractivity contribution in [3.8, 4) is 44.8 Å². The van der Waals surface area contributed by atoms with E-state index < -0.39 is 0 Å². The lowest BCUT2D eigenvalue weighted by atomic mass is 9.70. The molecule has 8 aromatic carbocycles. The maximum atomic E-state index is 5.62. The second-order valence-corrected chi connectivity index (χ2v) is 20.9. The Kier molecular flexibility index (Phi) is 12.3. The highest BCUT2D eigenvalue weighted by Gasteiger charge is 2.33. The lowest BCUT2D eigenvalue weighted by molar-refractivity contribution is 0.614. The molecule has 0 N–H and O–H groups in total. The topological polar surface area (TPSA) is 12.9 Å². The minimum Gasteiger partial charge on any atom is -0.248 e. The lowest BCUT2D eigenvalue weighted by Crippen LogP contribution is -2.24. The van der Waals surface area contributed by atoms with E-state index in [1.54, 1.807) is 0 Å². The van der Waals surface area contributed by atoms with Gasteiger partial charge >= 0.3 is 0 Å². The Balaban J connectivity index is 1.22. The predicted molar refractivity (Wildman–Crippen MR) is 290 cm³/mol. The molecule has 1 heterocycles. The van der Waals surface area contributed by atoms with E-state index in [1.165, 1.54) is 77.9 Å². The van der Waals surface area contributed by atoms with E-state index in [-0.39, 0.29) is 21.7 Å². The molecule has 0 amide bonds. The van der Waals surface area contributed by atoms with Gasteiger partial charge in [0.2, 0.25) is 0 Å². The van der Waals surface area contributed by atoms with Gasteiger partial charge in [0.05, 0.1) is 11.4 Å². The zero-order valence-electron chi connectivity index (χ0n) is 41.7. The van der Waals surface area contributed by atoms with E-state index >= 15 is 0 Å². The first-order valence-electron chi connectivity index (χ1n) is 24.3. The fourth-order valence-electron chi connectivity index (χ4n) is 10.7. The van der Waals surface area contributed by atoms with Crippen molar-refractivity contribution in [1.82, 2.24) is 4.98 Å². The zero-order chi connectivity index (χ0) is 47.8. The first-order valence-corrected chi connectivity index (χ1v) is 24.3. The number of benzene rings is 8. The molecule has 0 bridgehead atoms. The molecule has 0 aliphatic rings. The molecule has 0 unspecified atom stereocenters. The number of hydrogen-bond acceptors (Lipinski definition) is 1. The third kappa shape index (κ3) is 8.45. The minimum atomic E-state index is -0.248. The van der Waals surface area contributed by atoms with Gasteiger partial charge in [-0.1, -0.05) is 243 Å². The fourth-order valence-corrected chi connectivity index (χ4v) is 10.7. The summed E-state index contributed by atoms with van der Waals surface area (Å²) in [7, 11) is 0. The van der Waals surface area contributed by atoms with Crippen molar-refractivity contribution in [2.75, 3.05) is 0 Å². The first kappa shape index (κ1) is 46.0. The van der Waals surface area contributed by atoms with Crippen LogP contribution in [0.25, 0.3) is 44.8 Å². The number of rotatable bonds is 12. The van der Waals surface area contributed by atoms with Gasteiger partial charge in [0, 0.05) is 32.8 Å². The third-order valence-corrected chi connectivity index (χ3v) is 15.3. The molecule has 1 heteroatoms. The molecule has 68 heavy (non-hydrogen) atoms. The molecule has 9 rings (SSSR count). The van der Waals surface area contributed by atoms with Crippen LogP contribution in [0, 0.1) is 13.8 Å². The van der Waals surface area contributed by atoms with Gasteiger partial charge in [-0.25, -0.2) is 4.98 Å². The summed E-state index contributed by atoms with van der Waals surface area (Å²) in [5, 5.41) is 0. The number of hydrogen-bond donors (Lipinski definition) is 0. The van der Waals surface area contributed by atoms with E-state index in [0.717, 1.165) is 22.5 Å². The third-order valence-electron chi connectivity index (χ3n) is 15.3. The van der Waals surface area contributed by atoms with Crippen LogP contribution in [0.4, 0.5) is 0 Å². The van der Waals surface area contributed by atoms with Crippen molar-refractivity contribution < 1.29 is 0 Å². The SMILES string of the molecule is Cc1c(-c2ccccc2-c2cccc(-c3ccccc3-c3cc(C(C)(C)c4ccccc4)cc(C(C)(C)c4ccccc4)c3C)n2)cc(C(C)(C)c2ccccc2)cc1C(C)(C)c1ccccc1. The summed E-state index contributed by atoms with van der Waals surface area (Å²) in [6.07, 6.45) is 0. The van der Waals surface area contributed by atoms with Gasteiger partial charge in [0.25, 0.3) is 0 Å². The number of aromatic nitrogens is 1. The second-order valence-electron chi connectivity index (χ2n) is 20.9. The highest BCUT2D eigenvalue weighted by Crippen LogP contribution is 2.47. The van der Waals surface area contributed by atoms with Gasteiger partial charge in [-0.05, 0) is 116 Å². The molecule has 0 atom stereocenters. The smallest absolute Gasteiger partial charge is 0.0715 e. The Morgan fingerprint density at radius 1 is 0.250 bits per heavy atom. The molecule has 9 aromatic rings. The predicted octanol–water partition coefficient (Wildman–Crippen LogP) is 17.7. The average molecular weight is 884 g/mol. The van der Waals surface area contributed by atoms with Crippen LogP contribution >= 0.6 is 0 Å². The van der Waals surface area contributed by atoms with Crippen LogP contribution in [0.3, 0.4) is 0 Å². The minimum absolute atomic E-state index is 0.246. The van der Waals surface area contributed by atoms with Crippen molar-refractivity contribution in [2.45, 2.75) is 90.9 Å². The molecule has 0 saturated heterocycles. The van der Waals surface area contributed by atoms with Crippen LogP contribution < -0.4 is 0 Å². The maximum Gasteiger partial charge on any atom is 0.0715 e. The highest BCUT2D eigenvalue weighted by molar-refractivity contribution is 5.88. The van der Waals surface area contributed by atoms with Crippen LogP contribution in [0.2, 0.25) is 0 Å². The van der Waals surface area contributed by atoms with Gasteiger partial charge in [-0.2, -0.15) is 0 Å². The monoisotopic (exact) mass is 884 g/mol. The molecule has 1 aromatic heterocycles. The van der Waals surface area contributed by atoms with Gasteiger partial charge in [-0.15, -0.1) is 0 Å². The molecular formula is C67H65N. The molecule has 0 aliphatic heterocycles. The van der Waals surface area contributed by atoms with Crippen molar-refractivity contribution >= 4 is 0 Å². The summed E-state index contributed by atoms with van der Waals surface area (Å²) >= 11 is 0. The summed E-state index contributed by atoms with van der Waals surface area (Å²) in [4.78, 5) is 5.62. The summed E-state index contributed by atoms with van der Waals surface area (Å²) in [5.41, 5.74) is 20.9. The Bertz CT molecular complexity index is 2990. The summed E-state index contributed by atoms with van der Waals surface area (Å²) in [5.74, 6) is 0. The van der Waals surface area contributed by atoms with E-state index in [9.17, 15) is 0 Å². The molecule has 0 saturated carbocycles. The fraction of sp³-hybridized carbons (Fsp3) is 0.209. The first-order chi connectivity index (χ1) is 32.6. The molecule has 0 spiro atoms. The average Bonchev–Trinajstić information content (AvgIpc) is 3.37. The van der Waals surface area contributed by atoms with Gasteiger partial charge in [-0.3, -0.25) is 0 Å². The van der Waals surface area contributed by atoms with E-state index in [2.05, 4.69) is 282 Å². The number of nitrogens with zero attached hydrogens (tertiary/aromatic N) is 1. The van der Waals surface area contributed by atoms with Crippen LogP contribution in [-0.4, -0.2) is 4.98 Å². The van der Waals surface area contributed by atoms with Crippen LogP contribution in [0.1, 0.15) is 111 Å². The van der Waals surface area contributed by atoms with Gasteiger partial charge in [0.15, 0.2) is 0 Å². The van der Waals surface area contributed by atoms with E-state index in [1.807, 2.05) is 0 Å². The molecule has 0 radical (unpaired) electrons. The van der Waals surface area contributed by atoms with Crippen molar-refractivity contribution in [3.63, 3.8) is 0 Å². The largest absolute Gasteiger partial charge is 0.248 e. The van der Waals surface area contributed by atoms with Gasteiger partial charge in [0.1, 0.15) is 0 Å². The zero-order valence-corrected chi connectivity index (χ0v) is 41.7. The Labute approximate surface area is 406 Å². The van der Waals surface area contributed by atoms with Crippen LogP contribution in [0.15, 0.2) is 212 Å². The number of pyridine rings is 1. The molecule has 0 aliphatic carbocycles. The highest BCUT2D eigenvalue weighted by atomic mass is 14.7. The van der Waals surface area contributed by atoms with Crippen molar-refractivity contribution in [3.05, 3.63) is 268 Å². The normalized spacial score (nSPS) is 12.3. The van der Waals surface area contributed by atoms with Crippen molar-refractivity contribution in [1.29, 1.82) is 0 Å². The van der Waals surface area contributed by atoms with E-state index in [0.29, 0.717) is 0 Å². The molecule has 1 nitrogen and oxygen atoms in total. The molecule has 338 valence electrons. The van der Waals surface area contributed by atoms with Crippen LogP contribution in [-0.2, 0) is 21.7 Å². The molecular weight excluding hydrogens is 819 g/mol. The van der Waals surface area contributed by atoms with E-state index in [4.69, 9.17) is 4.98 Å². The summed E-state index contributed by atoms with van der Waals surface area (Å²) in [6.45, 7) is 23.5. The quantitative estimate of drug-likeness (QED) is 0.119. The van der Waals surface area contributed by atoms with Gasteiger partial charge < -0.3 is 0 Å². The Morgan fingerprint density at radius 2 is 0.529 bits per heavy atom. The standard InChI is InChI=1S/C67H65N/c1-46-58(42-52(64(3,4)48-28-15-11-16-29-48)44-60(46)66(7,8)50-32-19-13-20-33-50)54-36-23-25-38-56(54)62-40-27-41-63(68-62)57-39-26-24-37-55(57)59-43-53(65(5,6)49-30-17-12-18-31-49)45-61(47(59)2)67(9,10)51-34-21-14-22-35-51/h11-45H,1-10H3. The molecule has 0 fully saturated rings. The Morgan fingerprint density at radius 3 is 0.853 bits per heavy atom. The maximum absolute atomic E-state index is 5.62. The second kappa shape index (κ2) is 18.2. The van der Waals surface area contributed by atoms with Crippen molar-refractivity contribution in [2.24, 2.45) is 0 Å². The summed E-state index contributed by atoms with van der Waals surface area (Å²) in [6, 6.07) is 77.9. The summed E-state index contributed by atoms with van der Waals surface area (Å²) < 4.78 is 0. The lowest BCUT2D eigenvalue weighted by Gasteiger charge is -2.34. The van der Waals surface area contributed by atoms with Crippen LogP contribution in [0.5, 0.6) is 0 Å². The Hall–Kier alpha value is -7.09.